The molecule has 240 valence electrons. The molecule has 0 amide bonds. The molecule has 8 heteroatoms. The fraction of sp³-hybridized carbons (Fsp3) is 0. The average molecular weight is 694 g/mol. The van der Waals surface area contributed by atoms with Gasteiger partial charge in [0.25, 0.3) is 0 Å². The first-order chi connectivity index (χ1) is 25.2. The van der Waals surface area contributed by atoms with Gasteiger partial charge in [-0.1, -0.05) is 103 Å². The average Bonchev–Trinajstić information content (AvgIpc) is 3.76. The first kappa shape index (κ1) is 29.7. The Balaban J connectivity index is 1.15. The van der Waals surface area contributed by atoms with E-state index in [1.54, 1.807) is 34.8 Å². The van der Waals surface area contributed by atoms with Gasteiger partial charge in [0.1, 0.15) is 5.82 Å². The molecule has 0 N–H and O–H groups in total. The molecular formula is C43H24FN5S2. The van der Waals surface area contributed by atoms with Gasteiger partial charge < -0.3 is 0 Å². The van der Waals surface area contributed by atoms with E-state index in [9.17, 15) is 4.39 Å². The topological polar surface area (TPSA) is 64.5 Å². The van der Waals surface area contributed by atoms with E-state index in [0.29, 0.717) is 23.3 Å². The molecule has 0 aliphatic heterocycles. The summed E-state index contributed by atoms with van der Waals surface area (Å²) in [6.07, 6.45) is 0. The minimum absolute atomic E-state index is 0.278. The molecule has 0 saturated heterocycles. The fourth-order valence-electron chi connectivity index (χ4n) is 6.57. The van der Waals surface area contributed by atoms with E-state index in [0.717, 1.165) is 74.0 Å². The van der Waals surface area contributed by atoms with Crippen molar-refractivity contribution in [2.24, 2.45) is 0 Å². The number of hydrogen-bond donors (Lipinski definition) is 0. The van der Waals surface area contributed by atoms with Gasteiger partial charge in [-0.2, -0.15) is 0 Å². The molecule has 0 radical (unpaired) electrons. The van der Waals surface area contributed by atoms with Crippen LogP contribution in [0.5, 0.6) is 0 Å². The maximum absolute atomic E-state index is 14.0. The Morgan fingerprint density at radius 2 is 1.00 bits per heavy atom. The highest BCUT2D eigenvalue weighted by atomic mass is 32.1. The zero-order valence-corrected chi connectivity index (χ0v) is 28.4. The largest absolute Gasteiger partial charge is 0.226 e. The van der Waals surface area contributed by atoms with Gasteiger partial charge in [0.05, 0.1) is 15.9 Å². The number of thiophene rings is 2. The second kappa shape index (κ2) is 12.0. The summed E-state index contributed by atoms with van der Waals surface area (Å²) in [6, 6.07) is 47.6. The van der Waals surface area contributed by atoms with Crippen molar-refractivity contribution in [2.45, 2.75) is 0 Å². The minimum atomic E-state index is -0.278. The number of benzene rings is 6. The quantitative estimate of drug-likeness (QED) is 0.180. The predicted molar refractivity (Wildman–Crippen MR) is 208 cm³/mol. The van der Waals surface area contributed by atoms with E-state index in [2.05, 4.69) is 48.5 Å². The standard InChI is InChI=1S/C43H24FN5S2/c44-29-21-18-25(19-22-29)36-39-37(32-14-7-8-17-34(32)50-39)46-43(45-36)33-16-9-15-31-30-23-20-28(24-35(30)51-38(31)33)42-48-40(26-10-3-1-4-11-26)47-41(49-42)27-12-5-2-6-13-27/h1-24H. The second-order valence-corrected chi connectivity index (χ2v) is 14.3. The van der Waals surface area contributed by atoms with E-state index in [1.165, 1.54) is 12.1 Å². The van der Waals surface area contributed by atoms with Crippen molar-refractivity contribution in [3.8, 4) is 56.8 Å². The molecule has 4 heterocycles. The van der Waals surface area contributed by atoms with Crippen LogP contribution in [0.2, 0.25) is 0 Å². The van der Waals surface area contributed by atoms with Crippen LogP contribution in [-0.2, 0) is 0 Å². The van der Waals surface area contributed by atoms with Gasteiger partial charge in [-0.05, 0) is 42.5 Å². The monoisotopic (exact) mass is 693 g/mol. The van der Waals surface area contributed by atoms with Gasteiger partial charge in [-0.15, -0.1) is 22.7 Å². The van der Waals surface area contributed by atoms with Gasteiger partial charge >= 0.3 is 0 Å². The van der Waals surface area contributed by atoms with Crippen molar-refractivity contribution in [1.29, 1.82) is 0 Å². The Bertz CT molecular complexity index is 2860. The van der Waals surface area contributed by atoms with Crippen LogP contribution in [-0.4, -0.2) is 24.9 Å². The maximum Gasteiger partial charge on any atom is 0.164 e. The van der Waals surface area contributed by atoms with E-state index >= 15 is 0 Å². The normalized spacial score (nSPS) is 11.6. The summed E-state index contributed by atoms with van der Waals surface area (Å²) in [5.41, 5.74) is 6.28. The van der Waals surface area contributed by atoms with Crippen molar-refractivity contribution in [1.82, 2.24) is 24.9 Å². The Morgan fingerprint density at radius 3 is 1.73 bits per heavy atom. The lowest BCUT2D eigenvalue weighted by Crippen LogP contribution is -1.99. The van der Waals surface area contributed by atoms with E-state index in [1.807, 2.05) is 72.8 Å². The summed E-state index contributed by atoms with van der Waals surface area (Å²) >= 11 is 3.37. The highest BCUT2D eigenvalue weighted by Crippen LogP contribution is 2.43. The third-order valence-corrected chi connectivity index (χ3v) is 11.4. The van der Waals surface area contributed by atoms with Gasteiger partial charge in [0, 0.05) is 58.1 Å². The maximum atomic E-state index is 14.0. The molecule has 0 aliphatic rings. The molecule has 0 bridgehead atoms. The van der Waals surface area contributed by atoms with Gasteiger partial charge in [-0.3, -0.25) is 0 Å². The van der Waals surface area contributed by atoms with Gasteiger partial charge in [-0.25, -0.2) is 29.3 Å². The van der Waals surface area contributed by atoms with Crippen LogP contribution >= 0.6 is 22.7 Å². The summed E-state index contributed by atoms with van der Waals surface area (Å²) in [5, 5.41) is 3.36. The zero-order chi connectivity index (χ0) is 33.9. The summed E-state index contributed by atoms with van der Waals surface area (Å²) in [4.78, 5) is 25.2. The minimum Gasteiger partial charge on any atom is -0.226 e. The van der Waals surface area contributed by atoms with Crippen LogP contribution in [0.3, 0.4) is 0 Å². The molecule has 10 rings (SSSR count). The van der Waals surface area contributed by atoms with Crippen LogP contribution < -0.4 is 0 Å². The molecule has 0 saturated carbocycles. The predicted octanol–water partition coefficient (Wildman–Crippen LogP) is 11.9. The summed E-state index contributed by atoms with van der Waals surface area (Å²) in [5.74, 6) is 2.23. The van der Waals surface area contributed by atoms with Gasteiger partial charge in [0.15, 0.2) is 23.3 Å². The molecule has 0 fully saturated rings. The Labute approximate surface area is 299 Å². The van der Waals surface area contributed by atoms with Crippen molar-refractivity contribution < 1.29 is 4.39 Å². The first-order valence-corrected chi connectivity index (χ1v) is 18.1. The third kappa shape index (κ3) is 5.15. The van der Waals surface area contributed by atoms with Crippen LogP contribution in [0.1, 0.15) is 0 Å². The Kier molecular flexibility index (Phi) is 6.97. The molecular weight excluding hydrogens is 670 g/mol. The van der Waals surface area contributed by atoms with Crippen LogP contribution in [0, 0.1) is 5.82 Å². The van der Waals surface area contributed by atoms with Gasteiger partial charge in [0.2, 0.25) is 0 Å². The van der Waals surface area contributed by atoms with Crippen molar-refractivity contribution in [3.05, 3.63) is 151 Å². The number of nitrogens with zero attached hydrogens (tertiary/aromatic N) is 5. The molecule has 4 aromatic heterocycles. The lowest BCUT2D eigenvalue weighted by Gasteiger charge is -2.08. The smallest absolute Gasteiger partial charge is 0.164 e. The lowest BCUT2D eigenvalue weighted by atomic mass is 10.1. The van der Waals surface area contributed by atoms with E-state index < -0.39 is 0 Å². The van der Waals surface area contributed by atoms with E-state index in [4.69, 9.17) is 24.9 Å². The molecule has 51 heavy (non-hydrogen) atoms. The highest BCUT2D eigenvalue weighted by Gasteiger charge is 2.20. The Hall–Kier alpha value is -6.22. The lowest BCUT2D eigenvalue weighted by molar-refractivity contribution is 0.628. The molecule has 10 aromatic rings. The Morgan fingerprint density at radius 1 is 0.392 bits per heavy atom. The fourth-order valence-corrected chi connectivity index (χ4v) is 8.97. The second-order valence-electron chi connectivity index (χ2n) is 12.2. The molecule has 5 nitrogen and oxygen atoms in total. The van der Waals surface area contributed by atoms with Crippen LogP contribution in [0.4, 0.5) is 4.39 Å². The number of aromatic nitrogens is 5. The number of hydrogen-bond acceptors (Lipinski definition) is 7. The third-order valence-electron chi connectivity index (χ3n) is 9.03. The van der Waals surface area contributed by atoms with Crippen molar-refractivity contribution in [2.75, 3.05) is 0 Å². The zero-order valence-electron chi connectivity index (χ0n) is 26.8. The molecule has 6 aromatic carbocycles. The van der Waals surface area contributed by atoms with Crippen LogP contribution in [0.25, 0.3) is 97.3 Å². The summed E-state index contributed by atoms with van der Waals surface area (Å²) in [6.45, 7) is 0. The number of rotatable bonds is 5. The first-order valence-electron chi connectivity index (χ1n) is 16.4. The van der Waals surface area contributed by atoms with Crippen molar-refractivity contribution in [3.63, 3.8) is 0 Å². The van der Waals surface area contributed by atoms with Crippen molar-refractivity contribution >= 4 is 63.1 Å². The molecule has 0 unspecified atom stereocenters. The summed E-state index contributed by atoms with van der Waals surface area (Å²) in [7, 11) is 0. The van der Waals surface area contributed by atoms with E-state index in [-0.39, 0.29) is 5.82 Å². The number of halogens is 1. The SMILES string of the molecule is Fc1ccc(-c2nc(-c3cccc4c3sc3cc(-c5nc(-c6ccccc6)nc(-c6ccccc6)n5)ccc34)nc3c2sc2ccccc23)cc1. The number of fused-ring (bicyclic) bond motifs is 6. The molecule has 0 aliphatic carbocycles. The molecule has 0 spiro atoms. The van der Waals surface area contributed by atoms with Crippen LogP contribution in [0.15, 0.2) is 146 Å². The summed E-state index contributed by atoms with van der Waals surface area (Å²) < 4.78 is 18.3. The molecule has 0 atom stereocenters. The highest BCUT2D eigenvalue weighted by molar-refractivity contribution is 7.26.